The number of benzene rings is 1. The Labute approximate surface area is 149 Å². The summed E-state index contributed by atoms with van der Waals surface area (Å²) in [6.07, 6.45) is 3.05. The van der Waals surface area contributed by atoms with Crippen LogP contribution < -0.4 is 0 Å². The summed E-state index contributed by atoms with van der Waals surface area (Å²) in [4.78, 5) is 2.81. The van der Waals surface area contributed by atoms with E-state index in [2.05, 4.69) is 4.90 Å². The van der Waals surface area contributed by atoms with E-state index in [1.54, 1.807) is 28.6 Å². The Morgan fingerprint density at radius 1 is 1.08 bits per heavy atom. The number of hydrogen-bond donors (Lipinski definition) is 0. The molecule has 0 radical (unpaired) electrons. The molecule has 1 spiro atoms. The predicted molar refractivity (Wildman–Crippen MR) is 95.6 cm³/mol. The van der Waals surface area contributed by atoms with Crippen molar-refractivity contribution in [3.63, 3.8) is 0 Å². The van der Waals surface area contributed by atoms with Crippen LogP contribution in [0.4, 0.5) is 0 Å². The average molecular weight is 360 g/mol. The molecule has 2 saturated heterocycles. The van der Waals surface area contributed by atoms with E-state index in [0.717, 1.165) is 43.9 Å². The summed E-state index contributed by atoms with van der Waals surface area (Å²) in [5.74, 6) is 1.88. The van der Waals surface area contributed by atoms with Gasteiger partial charge in [0.2, 0.25) is 10.0 Å². The van der Waals surface area contributed by atoms with Crippen molar-refractivity contribution in [3.05, 3.63) is 54.0 Å². The maximum absolute atomic E-state index is 12.9. The maximum Gasteiger partial charge on any atom is 0.243 e. The zero-order chi connectivity index (χ0) is 17.5. The summed E-state index contributed by atoms with van der Waals surface area (Å²) in [6, 6.07) is 12.8. The first-order chi connectivity index (χ1) is 12.0. The third kappa shape index (κ3) is 3.03. The first-order valence-electron chi connectivity index (χ1n) is 8.85. The summed E-state index contributed by atoms with van der Waals surface area (Å²) in [5.41, 5.74) is -0.0530. The van der Waals surface area contributed by atoms with E-state index in [-0.39, 0.29) is 5.54 Å². The second-order valence-corrected chi connectivity index (χ2v) is 9.10. The van der Waals surface area contributed by atoms with Crippen LogP contribution in [0.5, 0.6) is 0 Å². The molecule has 0 bridgehead atoms. The number of nitrogens with zero attached hydrogens (tertiary/aromatic N) is 2. The fourth-order valence-corrected chi connectivity index (χ4v) is 5.77. The molecule has 2 aromatic rings. The molecule has 0 N–H and O–H groups in total. The molecule has 2 aliphatic heterocycles. The molecule has 1 aromatic carbocycles. The highest BCUT2D eigenvalue weighted by molar-refractivity contribution is 7.89. The topological polar surface area (TPSA) is 53.8 Å². The lowest BCUT2D eigenvalue weighted by Gasteiger charge is -2.34. The monoisotopic (exact) mass is 360 g/mol. The number of aryl methyl sites for hydroxylation is 1. The first kappa shape index (κ1) is 16.8. The second-order valence-electron chi connectivity index (χ2n) is 7.16. The van der Waals surface area contributed by atoms with E-state index >= 15 is 0 Å². The van der Waals surface area contributed by atoms with E-state index in [0.29, 0.717) is 18.0 Å². The summed E-state index contributed by atoms with van der Waals surface area (Å²) < 4.78 is 33.3. The Morgan fingerprint density at radius 2 is 1.88 bits per heavy atom. The number of likely N-dealkylation sites (tertiary alicyclic amines) is 1. The van der Waals surface area contributed by atoms with Crippen LogP contribution in [0.25, 0.3) is 0 Å². The Kier molecular flexibility index (Phi) is 4.22. The van der Waals surface area contributed by atoms with E-state index < -0.39 is 10.0 Å². The highest BCUT2D eigenvalue weighted by atomic mass is 32.2. The Bertz CT molecular complexity index is 847. The Balaban J connectivity index is 1.54. The fourth-order valence-electron chi connectivity index (χ4n) is 4.23. The largest absolute Gasteiger partial charge is 0.465 e. The van der Waals surface area contributed by atoms with Crippen molar-refractivity contribution < 1.29 is 12.8 Å². The maximum atomic E-state index is 12.9. The van der Waals surface area contributed by atoms with Crippen molar-refractivity contribution in [1.29, 1.82) is 0 Å². The molecule has 0 aliphatic carbocycles. The molecule has 134 valence electrons. The first-order valence-corrected chi connectivity index (χ1v) is 10.3. The van der Waals surface area contributed by atoms with E-state index in [4.69, 9.17) is 4.42 Å². The molecular weight excluding hydrogens is 336 g/mol. The second kappa shape index (κ2) is 6.27. The van der Waals surface area contributed by atoms with Gasteiger partial charge >= 0.3 is 0 Å². The van der Waals surface area contributed by atoms with E-state index in [1.165, 1.54) is 0 Å². The van der Waals surface area contributed by atoms with Gasteiger partial charge in [-0.25, -0.2) is 8.42 Å². The van der Waals surface area contributed by atoms with Crippen LogP contribution in [0.3, 0.4) is 0 Å². The zero-order valence-corrected chi connectivity index (χ0v) is 15.3. The van der Waals surface area contributed by atoms with Gasteiger partial charge in [0.05, 0.1) is 11.4 Å². The van der Waals surface area contributed by atoms with E-state index in [1.807, 2.05) is 25.1 Å². The molecule has 0 amide bonds. The lowest BCUT2D eigenvalue weighted by Crippen LogP contribution is -2.46. The van der Waals surface area contributed by atoms with Crippen molar-refractivity contribution in [2.75, 3.05) is 19.6 Å². The van der Waals surface area contributed by atoms with Crippen molar-refractivity contribution in [1.82, 2.24) is 9.21 Å². The Hall–Kier alpha value is -1.63. The minimum absolute atomic E-state index is 0.0530. The normalized spacial score (nSPS) is 25.2. The van der Waals surface area contributed by atoms with E-state index in [9.17, 15) is 8.42 Å². The molecule has 2 aliphatic rings. The van der Waals surface area contributed by atoms with Gasteiger partial charge in [0.25, 0.3) is 0 Å². The van der Waals surface area contributed by atoms with Crippen LogP contribution in [0.15, 0.2) is 51.8 Å². The summed E-state index contributed by atoms with van der Waals surface area (Å²) >= 11 is 0. The highest BCUT2D eigenvalue weighted by Gasteiger charge is 2.49. The number of hydrogen-bond acceptors (Lipinski definition) is 4. The molecule has 1 aromatic heterocycles. The molecule has 1 atom stereocenters. The zero-order valence-electron chi connectivity index (χ0n) is 14.5. The summed E-state index contributed by atoms with van der Waals surface area (Å²) in [7, 11) is -3.41. The predicted octanol–water partition coefficient (Wildman–Crippen LogP) is 3.02. The van der Waals surface area contributed by atoms with Gasteiger partial charge in [0, 0.05) is 18.6 Å². The highest BCUT2D eigenvalue weighted by Crippen LogP contribution is 2.40. The third-order valence-corrected chi connectivity index (χ3v) is 7.42. The number of furan rings is 1. The minimum atomic E-state index is -3.41. The average Bonchev–Trinajstić information content (AvgIpc) is 3.32. The third-order valence-electron chi connectivity index (χ3n) is 5.56. The van der Waals surface area contributed by atoms with Crippen LogP contribution in [-0.4, -0.2) is 42.8 Å². The molecule has 3 heterocycles. The number of rotatable bonds is 4. The van der Waals surface area contributed by atoms with Gasteiger partial charge < -0.3 is 4.42 Å². The molecule has 2 fully saturated rings. The van der Waals surface area contributed by atoms with Gasteiger partial charge in [-0.1, -0.05) is 18.2 Å². The van der Waals surface area contributed by atoms with Crippen molar-refractivity contribution >= 4 is 10.0 Å². The van der Waals surface area contributed by atoms with Crippen molar-refractivity contribution in [2.45, 2.75) is 43.2 Å². The minimum Gasteiger partial charge on any atom is -0.465 e. The summed E-state index contributed by atoms with van der Waals surface area (Å²) in [6.45, 7) is 4.87. The lowest BCUT2D eigenvalue weighted by atomic mass is 9.95. The van der Waals surface area contributed by atoms with Crippen LogP contribution in [0, 0.1) is 6.92 Å². The standard InChI is InChI=1S/C19H24N2O3S/c1-16-8-9-17(24-16)14-20-12-5-10-19(20)11-13-21(15-19)25(22,23)18-6-3-2-4-7-18/h2-4,6-9H,5,10-15H2,1H3/t19-/m1/s1. The summed E-state index contributed by atoms with van der Waals surface area (Å²) in [5, 5.41) is 0. The lowest BCUT2D eigenvalue weighted by molar-refractivity contribution is 0.131. The van der Waals surface area contributed by atoms with Gasteiger partial charge in [0.15, 0.2) is 0 Å². The van der Waals surface area contributed by atoms with Crippen LogP contribution >= 0.6 is 0 Å². The fraction of sp³-hybridized carbons (Fsp3) is 0.474. The molecule has 25 heavy (non-hydrogen) atoms. The molecule has 0 saturated carbocycles. The molecule has 4 rings (SSSR count). The molecular formula is C19H24N2O3S. The SMILES string of the molecule is Cc1ccc(CN2CCC[C@]23CCN(S(=O)(=O)c2ccccc2)C3)o1. The molecule has 5 nitrogen and oxygen atoms in total. The smallest absolute Gasteiger partial charge is 0.243 e. The van der Waals surface area contributed by atoms with Gasteiger partial charge in [-0.05, 0) is 57.0 Å². The van der Waals surface area contributed by atoms with Crippen molar-refractivity contribution in [2.24, 2.45) is 0 Å². The van der Waals surface area contributed by atoms with Crippen LogP contribution in [0.1, 0.15) is 30.8 Å². The van der Waals surface area contributed by atoms with Gasteiger partial charge in [-0.3, -0.25) is 4.90 Å². The van der Waals surface area contributed by atoms with Gasteiger partial charge in [-0.15, -0.1) is 0 Å². The molecule has 6 heteroatoms. The molecule has 0 unspecified atom stereocenters. The van der Waals surface area contributed by atoms with Gasteiger partial charge in [-0.2, -0.15) is 4.31 Å². The van der Waals surface area contributed by atoms with Gasteiger partial charge in [0.1, 0.15) is 11.5 Å². The Morgan fingerprint density at radius 3 is 2.60 bits per heavy atom. The van der Waals surface area contributed by atoms with Crippen molar-refractivity contribution in [3.8, 4) is 0 Å². The van der Waals surface area contributed by atoms with Crippen LogP contribution in [0.2, 0.25) is 0 Å². The van der Waals surface area contributed by atoms with Crippen LogP contribution in [-0.2, 0) is 16.6 Å². The number of sulfonamides is 1. The quantitative estimate of drug-likeness (QED) is 0.841.